The quantitative estimate of drug-likeness (QED) is 0.538. The molecule has 0 fully saturated rings. The minimum Gasteiger partial charge on any atom is -0.295 e. The molecule has 0 radical (unpaired) electrons. The number of benzene rings is 2. The molecule has 0 aliphatic heterocycles. The monoisotopic (exact) mass is 369 g/mol. The molecule has 9 nitrogen and oxygen atoms in total. The van der Waals surface area contributed by atoms with Crippen LogP contribution in [0, 0.1) is 15.9 Å². The number of imidazole rings is 1. The predicted molar refractivity (Wildman–Crippen MR) is 91.6 cm³/mol. The first-order chi connectivity index (χ1) is 13.0. The van der Waals surface area contributed by atoms with Gasteiger partial charge in [0.15, 0.2) is 0 Å². The van der Waals surface area contributed by atoms with Crippen molar-refractivity contribution in [2.45, 2.75) is 0 Å². The van der Waals surface area contributed by atoms with Gasteiger partial charge in [0.2, 0.25) is 5.82 Å². The van der Waals surface area contributed by atoms with Gasteiger partial charge in [0.25, 0.3) is 11.8 Å². The first-order valence-corrected chi connectivity index (χ1v) is 7.60. The summed E-state index contributed by atoms with van der Waals surface area (Å²) in [6, 6.07) is 11.6. The molecule has 0 aliphatic carbocycles. The maximum absolute atomic E-state index is 13.3. The van der Waals surface area contributed by atoms with Crippen LogP contribution in [0.25, 0.3) is 5.69 Å². The van der Waals surface area contributed by atoms with Crippen molar-refractivity contribution >= 4 is 17.5 Å². The van der Waals surface area contributed by atoms with Gasteiger partial charge < -0.3 is 0 Å². The number of hydrazine groups is 1. The second-order valence-electron chi connectivity index (χ2n) is 5.32. The van der Waals surface area contributed by atoms with Gasteiger partial charge in [0.05, 0.1) is 17.4 Å². The molecular weight excluding hydrogens is 357 g/mol. The molecule has 0 saturated carbocycles. The van der Waals surface area contributed by atoms with E-state index in [-0.39, 0.29) is 11.3 Å². The minimum atomic E-state index is -1.06. The van der Waals surface area contributed by atoms with Crippen molar-refractivity contribution in [3.8, 4) is 5.69 Å². The number of hydrogen-bond acceptors (Lipinski definition) is 5. The number of nitrogens with one attached hydrogen (secondary N) is 2. The van der Waals surface area contributed by atoms with Crippen molar-refractivity contribution in [1.82, 2.24) is 20.4 Å². The summed E-state index contributed by atoms with van der Waals surface area (Å²) >= 11 is 0. The summed E-state index contributed by atoms with van der Waals surface area (Å²) in [5, 5.41) is 10.7. The molecule has 1 heterocycles. The van der Waals surface area contributed by atoms with E-state index in [1.54, 1.807) is 24.3 Å². The fourth-order valence-electron chi connectivity index (χ4n) is 2.30. The number of hydrogen-bond donors (Lipinski definition) is 2. The van der Waals surface area contributed by atoms with Crippen LogP contribution in [0.2, 0.25) is 0 Å². The van der Waals surface area contributed by atoms with Crippen molar-refractivity contribution in [2.24, 2.45) is 0 Å². The Labute approximate surface area is 151 Å². The Morgan fingerprint density at radius 1 is 1.07 bits per heavy atom. The fourth-order valence-corrected chi connectivity index (χ4v) is 2.30. The Bertz CT molecular complexity index is 1020. The third-order valence-electron chi connectivity index (χ3n) is 3.60. The summed E-state index contributed by atoms with van der Waals surface area (Å²) in [5.74, 6) is -2.55. The lowest BCUT2D eigenvalue weighted by Crippen LogP contribution is -2.42. The molecule has 2 aromatic carbocycles. The third kappa shape index (κ3) is 3.79. The standard InChI is InChI=1S/C17H12FN5O4/c18-13-7-6-11(8-14(13)23(26)27)16(24)20-21-17(25)15-9-19-10-22(15)12-4-2-1-3-5-12/h1-10H,(H,20,24)(H,21,25). The molecule has 10 heteroatoms. The summed E-state index contributed by atoms with van der Waals surface area (Å²) in [7, 11) is 0. The zero-order chi connectivity index (χ0) is 19.4. The molecule has 3 rings (SSSR count). The van der Waals surface area contributed by atoms with E-state index in [9.17, 15) is 24.1 Å². The van der Waals surface area contributed by atoms with Crippen molar-refractivity contribution in [3.05, 3.63) is 88.2 Å². The van der Waals surface area contributed by atoms with Crippen LogP contribution >= 0.6 is 0 Å². The van der Waals surface area contributed by atoms with Crippen LogP contribution in [-0.2, 0) is 0 Å². The number of amides is 2. The van der Waals surface area contributed by atoms with Crippen LogP contribution in [0.1, 0.15) is 20.8 Å². The lowest BCUT2D eigenvalue weighted by atomic mass is 10.2. The highest BCUT2D eigenvalue weighted by molar-refractivity contribution is 5.98. The molecule has 2 N–H and O–H groups in total. The van der Waals surface area contributed by atoms with Gasteiger partial charge in [0.1, 0.15) is 5.69 Å². The number of nitro benzene ring substituents is 1. The van der Waals surface area contributed by atoms with Crippen LogP contribution in [0.4, 0.5) is 10.1 Å². The van der Waals surface area contributed by atoms with Gasteiger partial charge >= 0.3 is 5.69 Å². The van der Waals surface area contributed by atoms with Gasteiger partial charge in [-0.1, -0.05) is 18.2 Å². The van der Waals surface area contributed by atoms with Crippen LogP contribution in [0.15, 0.2) is 61.1 Å². The molecule has 0 saturated heterocycles. The van der Waals surface area contributed by atoms with E-state index in [0.29, 0.717) is 5.69 Å². The van der Waals surface area contributed by atoms with Crippen molar-refractivity contribution in [1.29, 1.82) is 0 Å². The second kappa shape index (κ2) is 7.44. The highest BCUT2D eigenvalue weighted by atomic mass is 19.1. The van der Waals surface area contributed by atoms with Gasteiger partial charge in [-0.3, -0.25) is 35.1 Å². The Hall–Kier alpha value is -4.08. The minimum absolute atomic E-state index is 0.159. The summed E-state index contributed by atoms with van der Waals surface area (Å²) in [6.45, 7) is 0. The number of para-hydroxylation sites is 1. The molecule has 0 spiro atoms. The van der Waals surface area contributed by atoms with Gasteiger partial charge in [-0.15, -0.1) is 0 Å². The van der Waals surface area contributed by atoms with Gasteiger partial charge in [0, 0.05) is 17.3 Å². The molecule has 1 aromatic heterocycles. The molecule has 2 amide bonds. The van der Waals surface area contributed by atoms with E-state index in [2.05, 4.69) is 15.8 Å². The molecule has 136 valence electrons. The molecule has 3 aromatic rings. The van der Waals surface area contributed by atoms with E-state index in [0.717, 1.165) is 18.2 Å². The molecule has 0 bridgehead atoms. The zero-order valence-electron chi connectivity index (χ0n) is 13.6. The normalized spacial score (nSPS) is 10.3. The number of carbonyl (C=O) groups is 2. The van der Waals surface area contributed by atoms with E-state index >= 15 is 0 Å². The van der Waals surface area contributed by atoms with E-state index in [4.69, 9.17) is 0 Å². The summed E-state index contributed by atoms with van der Waals surface area (Å²) < 4.78 is 14.9. The largest absolute Gasteiger partial charge is 0.305 e. The van der Waals surface area contributed by atoms with Gasteiger partial charge in [-0.05, 0) is 24.3 Å². The van der Waals surface area contributed by atoms with E-state index < -0.39 is 28.2 Å². The number of rotatable bonds is 4. The Balaban J connectivity index is 1.72. The maximum Gasteiger partial charge on any atom is 0.305 e. The predicted octanol–water partition coefficient (Wildman–Crippen LogP) is 1.99. The molecule has 0 atom stereocenters. The van der Waals surface area contributed by atoms with Crippen LogP contribution in [-0.4, -0.2) is 26.3 Å². The number of nitro groups is 1. The topological polar surface area (TPSA) is 119 Å². The number of halogens is 1. The van der Waals surface area contributed by atoms with Crippen molar-refractivity contribution < 1.29 is 18.9 Å². The summed E-state index contributed by atoms with van der Waals surface area (Å²) in [6.07, 6.45) is 2.76. The Morgan fingerprint density at radius 2 is 1.78 bits per heavy atom. The lowest BCUT2D eigenvalue weighted by molar-refractivity contribution is -0.387. The maximum atomic E-state index is 13.3. The molecule has 0 unspecified atom stereocenters. The van der Waals surface area contributed by atoms with Crippen molar-refractivity contribution in [2.75, 3.05) is 0 Å². The number of nitrogens with zero attached hydrogens (tertiary/aromatic N) is 3. The Kier molecular flexibility index (Phi) is 4.88. The van der Waals surface area contributed by atoms with Crippen LogP contribution in [0.5, 0.6) is 0 Å². The van der Waals surface area contributed by atoms with Crippen LogP contribution in [0.3, 0.4) is 0 Å². The smallest absolute Gasteiger partial charge is 0.295 e. The molecule has 0 aliphatic rings. The fraction of sp³-hybridized carbons (Fsp3) is 0. The highest BCUT2D eigenvalue weighted by Crippen LogP contribution is 2.18. The summed E-state index contributed by atoms with van der Waals surface area (Å²) in [4.78, 5) is 38.1. The summed E-state index contributed by atoms with van der Waals surface area (Å²) in [5.41, 5.74) is 4.16. The second-order valence-corrected chi connectivity index (χ2v) is 5.32. The zero-order valence-corrected chi connectivity index (χ0v) is 13.6. The van der Waals surface area contributed by atoms with Crippen molar-refractivity contribution in [3.63, 3.8) is 0 Å². The average molecular weight is 369 g/mol. The molecular formula is C17H12FN5O4. The van der Waals surface area contributed by atoms with Gasteiger partial charge in [-0.25, -0.2) is 4.98 Å². The van der Waals surface area contributed by atoms with E-state index in [1.807, 2.05) is 6.07 Å². The average Bonchev–Trinajstić information content (AvgIpc) is 3.16. The Morgan fingerprint density at radius 3 is 2.48 bits per heavy atom. The molecule has 27 heavy (non-hydrogen) atoms. The lowest BCUT2D eigenvalue weighted by Gasteiger charge is -2.10. The first kappa shape index (κ1) is 17.7. The first-order valence-electron chi connectivity index (χ1n) is 7.60. The number of carbonyl (C=O) groups excluding carboxylic acids is 2. The van der Waals surface area contributed by atoms with Crippen LogP contribution < -0.4 is 10.9 Å². The SMILES string of the molecule is O=C(NNC(=O)c1cncn1-c1ccccc1)c1ccc(F)c([N+](=O)[O-])c1. The van der Waals surface area contributed by atoms with Gasteiger partial charge in [-0.2, -0.15) is 4.39 Å². The van der Waals surface area contributed by atoms with E-state index in [1.165, 1.54) is 17.1 Å². The number of aromatic nitrogens is 2. The highest BCUT2D eigenvalue weighted by Gasteiger charge is 2.19. The third-order valence-corrected chi connectivity index (χ3v) is 3.60.